The fraction of sp³-hybridized carbons (Fsp3) is 0.485. The predicted molar refractivity (Wildman–Crippen MR) is 169 cm³/mol. The number of nitrogens with zero attached hydrogens (tertiary/aromatic N) is 4. The average molecular weight is 576 g/mol. The number of carbonyl (C=O) groups excluding carboxylic acids is 1. The van der Waals surface area contributed by atoms with Crippen LogP contribution in [0.4, 0.5) is 5.95 Å². The Morgan fingerprint density at radius 3 is 2.46 bits per heavy atom. The van der Waals surface area contributed by atoms with Crippen molar-refractivity contribution >= 4 is 23.8 Å². The van der Waals surface area contributed by atoms with Gasteiger partial charge in [-0.3, -0.25) is 9.52 Å². The summed E-state index contributed by atoms with van der Waals surface area (Å²) in [6.45, 7) is 19.1. The quantitative estimate of drug-likeness (QED) is 0.275. The molecule has 2 aromatic carbocycles. The standard InChI is InChI=1S/C33H45N5O2S/c1-22(2)17-26-20-37(21-33(5,6)7)15-10-16-38(26)31(40)25-13-9-14-27(18-25)41-36-32-34-28(19-29(39)35-32)30-23(3)11-8-12-24(30)4/h8-9,11-14,18-19,22,26H,10,15-17,20-21H2,1-7H3,(H2,34,35,36,39). The molecule has 220 valence electrons. The Morgan fingerprint density at radius 1 is 1.07 bits per heavy atom. The van der Waals surface area contributed by atoms with Gasteiger partial charge in [-0.2, -0.15) is 4.98 Å². The first kappa shape index (κ1) is 30.8. The number of carbonyl (C=O) groups is 1. The van der Waals surface area contributed by atoms with Crippen molar-refractivity contribution in [3.63, 3.8) is 0 Å². The molecule has 4 rings (SSSR count). The number of hydrogen-bond acceptors (Lipinski definition) is 7. The number of nitrogens with one attached hydrogen (secondary N) is 1. The molecule has 1 atom stereocenters. The van der Waals surface area contributed by atoms with Crippen molar-refractivity contribution in [2.24, 2.45) is 11.3 Å². The second-order valence-electron chi connectivity index (χ2n) is 12.9. The molecule has 0 aliphatic carbocycles. The summed E-state index contributed by atoms with van der Waals surface area (Å²) in [5.74, 6) is 0.809. The highest BCUT2D eigenvalue weighted by Crippen LogP contribution is 2.30. The monoisotopic (exact) mass is 575 g/mol. The van der Waals surface area contributed by atoms with Gasteiger partial charge in [0.05, 0.1) is 5.69 Å². The SMILES string of the molecule is Cc1cccc(C)c1-c1cc(O)nc(NSc2cccc(C(=O)N3CCCN(CC(C)(C)C)CC3CC(C)C)c2)n1. The van der Waals surface area contributed by atoms with Crippen molar-refractivity contribution in [2.75, 3.05) is 30.9 Å². The number of amides is 1. The van der Waals surface area contributed by atoms with Crippen molar-refractivity contribution in [3.8, 4) is 17.1 Å². The molecule has 0 saturated carbocycles. The van der Waals surface area contributed by atoms with Crippen LogP contribution in [0.5, 0.6) is 5.88 Å². The average Bonchev–Trinajstić information content (AvgIpc) is 3.07. The van der Waals surface area contributed by atoms with Crippen molar-refractivity contribution in [1.82, 2.24) is 19.8 Å². The molecule has 8 heteroatoms. The third kappa shape index (κ3) is 8.46. The molecule has 1 fully saturated rings. The van der Waals surface area contributed by atoms with Crippen molar-refractivity contribution in [1.29, 1.82) is 0 Å². The molecule has 0 bridgehead atoms. The molecule has 0 radical (unpaired) electrons. The number of aromatic nitrogens is 2. The summed E-state index contributed by atoms with van der Waals surface area (Å²) in [6.07, 6.45) is 1.96. The number of hydrogen-bond donors (Lipinski definition) is 2. The molecule has 2 heterocycles. The summed E-state index contributed by atoms with van der Waals surface area (Å²) in [5, 5.41) is 10.3. The van der Waals surface area contributed by atoms with E-state index in [1.807, 2.05) is 56.3 Å². The first-order valence-corrected chi connectivity index (χ1v) is 15.4. The molecular weight excluding hydrogens is 530 g/mol. The normalized spacial score (nSPS) is 16.6. The molecule has 3 aromatic rings. The Bertz CT molecular complexity index is 1330. The summed E-state index contributed by atoms with van der Waals surface area (Å²) in [7, 11) is 0. The Kier molecular flexibility index (Phi) is 9.97. The van der Waals surface area contributed by atoms with E-state index in [0.29, 0.717) is 23.1 Å². The van der Waals surface area contributed by atoms with Crippen LogP contribution in [0.3, 0.4) is 0 Å². The first-order valence-electron chi connectivity index (χ1n) is 14.6. The Hall–Kier alpha value is -3.10. The van der Waals surface area contributed by atoms with Crippen molar-refractivity contribution in [3.05, 3.63) is 65.2 Å². The van der Waals surface area contributed by atoms with E-state index in [0.717, 1.165) is 60.6 Å². The molecule has 1 saturated heterocycles. The number of anilines is 1. The van der Waals surface area contributed by atoms with Crippen molar-refractivity contribution in [2.45, 2.75) is 72.2 Å². The predicted octanol–water partition coefficient (Wildman–Crippen LogP) is 7.19. The minimum Gasteiger partial charge on any atom is -0.493 e. The van der Waals surface area contributed by atoms with Crippen LogP contribution in [0.15, 0.2) is 53.4 Å². The lowest BCUT2D eigenvalue weighted by Crippen LogP contribution is -2.46. The van der Waals surface area contributed by atoms with Gasteiger partial charge in [-0.15, -0.1) is 0 Å². The van der Waals surface area contributed by atoms with Gasteiger partial charge in [0, 0.05) is 47.8 Å². The molecule has 1 unspecified atom stereocenters. The fourth-order valence-electron chi connectivity index (χ4n) is 5.75. The van der Waals surface area contributed by atoms with Crippen LogP contribution in [-0.4, -0.2) is 63.0 Å². The fourth-order valence-corrected chi connectivity index (χ4v) is 6.39. The highest BCUT2D eigenvalue weighted by molar-refractivity contribution is 8.00. The van der Waals surface area contributed by atoms with Crippen LogP contribution in [0, 0.1) is 25.2 Å². The van der Waals surface area contributed by atoms with Crippen LogP contribution in [-0.2, 0) is 0 Å². The van der Waals surface area contributed by atoms with Crippen LogP contribution in [0.25, 0.3) is 11.3 Å². The van der Waals surface area contributed by atoms with Gasteiger partial charge in [0.25, 0.3) is 5.91 Å². The summed E-state index contributed by atoms with van der Waals surface area (Å²) in [6, 6.07) is 15.6. The first-order chi connectivity index (χ1) is 19.4. The highest BCUT2D eigenvalue weighted by Gasteiger charge is 2.31. The van der Waals surface area contributed by atoms with Gasteiger partial charge < -0.3 is 14.9 Å². The van der Waals surface area contributed by atoms with Crippen LogP contribution < -0.4 is 4.72 Å². The Morgan fingerprint density at radius 2 is 1.78 bits per heavy atom. The molecule has 2 N–H and O–H groups in total. The second kappa shape index (κ2) is 13.3. The lowest BCUT2D eigenvalue weighted by molar-refractivity contribution is 0.0642. The van der Waals surface area contributed by atoms with Gasteiger partial charge in [0.1, 0.15) is 0 Å². The molecule has 1 aliphatic heterocycles. The van der Waals surface area contributed by atoms with E-state index in [1.54, 1.807) is 6.07 Å². The van der Waals surface area contributed by atoms with E-state index in [4.69, 9.17) is 0 Å². The van der Waals surface area contributed by atoms with Gasteiger partial charge in [-0.25, -0.2) is 4.98 Å². The lowest BCUT2D eigenvalue weighted by Gasteiger charge is -2.35. The van der Waals surface area contributed by atoms with Crippen LogP contribution >= 0.6 is 11.9 Å². The molecule has 1 aliphatic rings. The summed E-state index contributed by atoms with van der Waals surface area (Å²) in [5.41, 5.74) is 4.72. The molecule has 0 spiro atoms. The summed E-state index contributed by atoms with van der Waals surface area (Å²) in [4.78, 5) is 28.3. The zero-order valence-electron chi connectivity index (χ0n) is 25.6. The van der Waals surface area contributed by atoms with Gasteiger partial charge in [0.15, 0.2) is 0 Å². The zero-order chi connectivity index (χ0) is 29.7. The van der Waals surface area contributed by atoms with Gasteiger partial charge >= 0.3 is 0 Å². The smallest absolute Gasteiger partial charge is 0.254 e. The molecule has 41 heavy (non-hydrogen) atoms. The zero-order valence-corrected chi connectivity index (χ0v) is 26.4. The van der Waals surface area contributed by atoms with E-state index < -0.39 is 0 Å². The maximum Gasteiger partial charge on any atom is 0.254 e. The third-order valence-corrected chi connectivity index (χ3v) is 8.05. The van der Waals surface area contributed by atoms with E-state index in [1.165, 1.54) is 11.9 Å². The summed E-state index contributed by atoms with van der Waals surface area (Å²) < 4.78 is 3.17. The minimum atomic E-state index is -0.0949. The maximum atomic E-state index is 13.9. The second-order valence-corrected chi connectivity index (χ2v) is 13.7. The molecular formula is C33H45N5O2S. The number of aryl methyl sites for hydroxylation is 2. The van der Waals surface area contributed by atoms with Crippen LogP contribution in [0.1, 0.15) is 68.9 Å². The molecule has 1 aromatic heterocycles. The van der Waals surface area contributed by atoms with Gasteiger partial charge in [0.2, 0.25) is 11.8 Å². The largest absolute Gasteiger partial charge is 0.493 e. The van der Waals surface area contributed by atoms with Gasteiger partial charge in [-0.05, 0) is 85.8 Å². The highest BCUT2D eigenvalue weighted by atomic mass is 32.2. The Balaban J connectivity index is 1.50. The third-order valence-electron chi connectivity index (χ3n) is 7.28. The van der Waals surface area contributed by atoms with E-state index in [-0.39, 0.29) is 23.2 Å². The van der Waals surface area contributed by atoms with Crippen LogP contribution in [0.2, 0.25) is 0 Å². The number of rotatable bonds is 8. The topological polar surface area (TPSA) is 81.6 Å². The van der Waals surface area contributed by atoms with E-state index in [2.05, 4.69) is 59.1 Å². The van der Waals surface area contributed by atoms with E-state index >= 15 is 0 Å². The van der Waals surface area contributed by atoms with Crippen molar-refractivity contribution < 1.29 is 9.90 Å². The molecule has 1 amide bonds. The summed E-state index contributed by atoms with van der Waals surface area (Å²) >= 11 is 1.33. The minimum absolute atomic E-state index is 0.0848. The number of aromatic hydroxyl groups is 1. The Labute approximate surface area is 249 Å². The van der Waals surface area contributed by atoms with E-state index in [9.17, 15) is 9.90 Å². The lowest BCUT2D eigenvalue weighted by atomic mass is 9.95. The van der Waals surface area contributed by atoms with Gasteiger partial charge in [-0.1, -0.05) is 58.9 Å². The molecule has 7 nitrogen and oxygen atoms in total. The number of benzene rings is 2. The maximum absolute atomic E-state index is 13.9.